The van der Waals surface area contributed by atoms with E-state index in [0.29, 0.717) is 12.5 Å². The summed E-state index contributed by atoms with van der Waals surface area (Å²) in [4.78, 5) is 20.0. The standard InChI is InChI=1S/C16H17N5/c1-11-8-12(2)19-16(18-11)21(3)10-13-9-17-14-6-4-5-7-15(14)20-13/h4-9H,10H2,1-3H3. The first-order valence-electron chi connectivity index (χ1n) is 6.86. The van der Waals surface area contributed by atoms with Gasteiger partial charge < -0.3 is 4.90 Å². The molecule has 5 heteroatoms. The van der Waals surface area contributed by atoms with E-state index in [1.54, 1.807) is 0 Å². The zero-order valence-corrected chi connectivity index (χ0v) is 12.4. The maximum atomic E-state index is 4.63. The Balaban J connectivity index is 1.86. The molecule has 0 bridgehead atoms. The third-order valence-electron chi connectivity index (χ3n) is 3.21. The van der Waals surface area contributed by atoms with E-state index in [1.165, 1.54) is 0 Å². The second kappa shape index (κ2) is 5.44. The first kappa shape index (κ1) is 13.4. The Morgan fingerprint density at radius 2 is 1.62 bits per heavy atom. The fourth-order valence-corrected chi connectivity index (χ4v) is 2.26. The lowest BCUT2D eigenvalue weighted by molar-refractivity contribution is 0.829. The molecule has 21 heavy (non-hydrogen) atoms. The first-order chi connectivity index (χ1) is 10.1. The van der Waals surface area contributed by atoms with E-state index in [2.05, 4.69) is 19.9 Å². The molecule has 0 atom stereocenters. The van der Waals surface area contributed by atoms with Crippen LogP contribution in [0.4, 0.5) is 5.95 Å². The summed E-state index contributed by atoms with van der Waals surface area (Å²) in [5, 5.41) is 0. The molecular weight excluding hydrogens is 262 g/mol. The highest BCUT2D eigenvalue weighted by molar-refractivity contribution is 5.73. The van der Waals surface area contributed by atoms with Crippen molar-refractivity contribution in [2.75, 3.05) is 11.9 Å². The van der Waals surface area contributed by atoms with Crippen LogP contribution in [-0.2, 0) is 6.54 Å². The number of benzene rings is 1. The van der Waals surface area contributed by atoms with Crippen LogP contribution in [0.5, 0.6) is 0 Å². The lowest BCUT2D eigenvalue weighted by Crippen LogP contribution is -2.20. The SMILES string of the molecule is Cc1cc(C)nc(N(C)Cc2cnc3ccccc3n2)n1. The van der Waals surface area contributed by atoms with Gasteiger partial charge in [-0.2, -0.15) is 0 Å². The first-order valence-corrected chi connectivity index (χ1v) is 6.86. The van der Waals surface area contributed by atoms with E-state index in [9.17, 15) is 0 Å². The second-order valence-corrected chi connectivity index (χ2v) is 5.16. The van der Waals surface area contributed by atoms with Crippen molar-refractivity contribution in [3.05, 3.63) is 53.6 Å². The van der Waals surface area contributed by atoms with Gasteiger partial charge in [0.15, 0.2) is 0 Å². The minimum absolute atomic E-state index is 0.626. The van der Waals surface area contributed by atoms with Crippen LogP contribution >= 0.6 is 0 Å². The number of para-hydroxylation sites is 2. The van der Waals surface area contributed by atoms with E-state index in [1.807, 2.05) is 62.3 Å². The number of aromatic nitrogens is 4. The third kappa shape index (κ3) is 2.97. The molecule has 5 nitrogen and oxygen atoms in total. The van der Waals surface area contributed by atoms with E-state index in [4.69, 9.17) is 0 Å². The normalized spacial score (nSPS) is 10.8. The maximum Gasteiger partial charge on any atom is 0.225 e. The van der Waals surface area contributed by atoms with Crippen molar-refractivity contribution in [3.63, 3.8) is 0 Å². The lowest BCUT2D eigenvalue weighted by atomic mass is 10.3. The van der Waals surface area contributed by atoms with Crippen molar-refractivity contribution in [1.29, 1.82) is 0 Å². The topological polar surface area (TPSA) is 54.8 Å². The van der Waals surface area contributed by atoms with Gasteiger partial charge in [-0.3, -0.25) is 4.98 Å². The van der Waals surface area contributed by atoms with Gasteiger partial charge >= 0.3 is 0 Å². The summed E-state index contributed by atoms with van der Waals surface area (Å²) >= 11 is 0. The minimum Gasteiger partial charge on any atom is -0.338 e. The molecule has 0 aliphatic rings. The van der Waals surface area contributed by atoms with Crippen LogP contribution in [-0.4, -0.2) is 27.0 Å². The van der Waals surface area contributed by atoms with Crippen molar-refractivity contribution in [1.82, 2.24) is 19.9 Å². The summed E-state index contributed by atoms with van der Waals surface area (Å²) in [6.07, 6.45) is 1.81. The molecule has 1 aromatic carbocycles. The third-order valence-corrected chi connectivity index (χ3v) is 3.21. The van der Waals surface area contributed by atoms with Crippen LogP contribution in [0.3, 0.4) is 0 Å². The molecule has 0 spiro atoms. The summed E-state index contributed by atoms with van der Waals surface area (Å²) in [6.45, 7) is 4.57. The van der Waals surface area contributed by atoms with E-state index < -0.39 is 0 Å². The molecule has 3 aromatic rings. The Bertz CT molecular complexity index is 764. The average Bonchev–Trinajstić information content (AvgIpc) is 2.46. The Morgan fingerprint density at radius 3 is 2.33 bits per heavy atom. The molecule has 0 aliphatic carbocycles. The van der Waals surface area contributed by atoms with Gasteiger partial charge in [0, 0.05) is 18.4 Å². The highest BCUT2D eigenvalue weighted by Crippen LogP contribution is 2.13. The van der Waals surface area contributed by atoms with Gasteiger partial charge in [-0.1, -0.05) is 12.1 Å². The minimum atomic E-state index is 0.626. The summed E-state index contributed by atoms with van der Waals surface area (Å²) in [5.41, 5.74) is 4.65. The van der Waals surface area contributed by atoms with Gasteiger partial charge in [0.1, 0.15) is 0 Å². The van der Waals surface area contributed by atoms with Crippen molar-refractivity contribution >= 4 is 17.0 Å². The molecule has 106 valence electrons. The molecule has 0 radical (unpaired) electrons. The second-order valence-electron chi connectivity index (χ2n) is 5.16. The molecule has 0 fully saturated rings. The number of anilines is 1. The number of fused-ring (bicyclic) bond motifs is 1. The van der Waals surface area contributed by atoms with Gasteiger partial charge in [-0.25, -0.2) is 15.0 Å². The summed E-state index contributed by atoms with van der Waals surface area (Å²) in [7, 11) is 1.96. The van der Waals surface area contributed by atoms with Crippen molar-refractivity contribution in [2.24, 2.45) is 0 Å². The molecule has 0 unspecified atom stereocenters. The molecule has 2 aromatic heterocycles. The molecule has 0 N–H and O–H groups in total. The molecule has 3 rings (SSSR count). The van der Waals surface area contributed by atoms with Crippen LogP contribution in [0.25, 0.3) is 11.0 Å². The molecular formula is C16H17N5. The van der Waals surface area contributed by atoms with Crippen LogP contribution in [0.15, 0.2) is 36.5 Å². The van der Waals surface area contributed by atoms with Crippen molar-refractivity contribution in [2.45, 2.75) is 20.4 Å². The fraction of sp³-hybridized carbons (Fsp3) is 0.250. The summed E-state index contributed by atoms with van der Waals surface area (Å²) in [5.74, 6) is 0.711. The van der Waals surface area contributed by atoms with E-state index >= 15 is 0 Å². The monoisotopic (exact) mass is 279 g/mol. The van der Waals surface area contributed by atoms with Gasteiger partial charge in [0.05, 0.1) is 29.5 Å². The van der Waals surface area contributed by atoms with E-state index in [0.717, 1.165) is 28.1 Å². The summed E-state index contributed by atoms with van der Waals surface area (Å²) < 4.78 is 0. The summed E-state index contributed by atoms with van der Waals surface area (Å²) in [6, 6.07) is 9.83. The average molecular weight is 279 g/mol. The molecule has 0 amide bonds. The van der Waals surface area contributed by atoms with Gasteiger partial charge in [0.2, 0.25) is 5.95 Å². The van der Waals surface area contributed by atoms with E-state index in [-0.39, 0.29) is 0 Å². The number of hydrogen-bond acceptors (Lipinski definition) is 5. The smallest absolute Gasteiger partial charge is 0.225 e. The van der Waals surface area contributed by atoms with Gasteiger partial charge in [-0.05, 0) is 32.0 Å². The van der Waals surface area contributed by atoms with Crippen LogP contribution in [0.1, 0.15) is 17.1 Å². The lowest BCUT2D eigenvalue weighted by Gasteiger charge is -2.17. The number of nitrogens with zero attached hydrogens (tertiary/aromatic N) is 5. The van der Waals surface area contributed by atoms with Crippen molar-refractivity contribution < 1.29 is 0 Å². The fourth-order valence-electron chi connectivity index (χ4n) is 2.26. The largest absolute Gasteiger partial charge is 0.338 e. The zero-order chi connectivity index (χ0) is 14.8. The Morgan fingerprint density at radius 1 is 0.952 bits per heavy atom. The number of hydrogen-bond donors (Lipinski definition) is 0. The van der Waals surface area contributed by atoms with Gasteiger partial charge in [-0.15, -0.1) is 0 Å². The molecule has 0 saturated carbocycles. The number of rotatable bonds is 3. The van der Waals surface area contributed by atoms with Crippen LogP contribution in [0.2, 0.25) is 0 Å². The molecule has 0 aliphatic heterocycles. The molecule has 0 saturated heterocycles. The quantitative estimate of drug-likeness (QED) is 0.737. The Labute approximate surface area is 123 Å². The Kier molecular flexibility index (Phi) is 3.48. The predicted molar refractivity (Wildman–Crippen MR) is 83.2 cm³/mol. The van der Waals surface area contributed by atoms with Gasteiger partial charge in [0.25, 0.3) is 0 Å². The maximum absolute atomic E-state index is 4.63. The van der Waals surface area contributed by atoms with Crippen LogP contribution < -0.4 is 4.90 Å². The number of aryl methyl sites for hydroxylation is 2. The highest BCUT2D eigenvalue weighted by Gasteiger charge is 2.08. The van der Waals surface area contributed by atoms with Crippen molar-refractivity contribution in [3.8, 4) is 0 Å². The predicted octanol–water partition coefficient (Wildman–Crippen LogP) is 2.67. The van der Waals surface area contributed by atoms with Crippen LogP contribution in [0, 0.1) is 13.8 Å². The highest BCUT2D eigenvalue weighted by atomic mass is 15.2. The Hall–Kier alpha value is -2.56. The zero-order valence-electron chi connectivity index (χ0n) is 12.4. The molecule has 2 heterocycles.